The number of nitrogens with zero attached hydrogens (tertiary/aromatic N) is 3. The van der Waals surface area contributed by atoms with E-state index in [9.17, 15) is 19.2 Å². The number of aromatic nitrogens is 1. The molecule has 196 valence electrons. The van der Waals surface area contributed by atoms with Gasteiger partial charge in [-0.05, 0) is 49.4 Å². The Morgan fingerprint density at radius 3 is 2.58 bits per heavy atom. The fourth-order valence-electron chi connectivity index (χ4n) is 4.64. The molecule has 0 aliphatic carbocycles. The lowest BCUT2D eigenvalue weighted by molar-refractivity contribution is -0.135. The Bertz CT molecular complexity index is 1470. The third-order valence-electron chi connectivity index (χ3n) is 6.61. The smallest absolute Gasteiger partial charge is 0.294 e. The number of aryl methyl sites for hydroxylation is 2. The highest BCUT2D eigenvalue weighted by molar-refractivity contribution is 8.18. The predicted octanol–water partition coefficient (Wildman–Crippen LogP) is 3.79. The van der Waals surface area contributed by atoms with Crippen LogP contribution in [0.2, 0.25) is 0 Å². The van der Waals surface area contributed by atoms with Crippen LogP contribution in [0.1, 0.15) is 16.7 Å². The van der Waals surface area contributed by atoms with Gasteiger partial charge in [0.05, 0.1) is 18.1 Å². The minimum Gasteiger partial charge on any atom is -0.378 e. The standard InChI is InChI=1S/C28H28N4O5S/c1-18-7-8-22(19(2)13-18)29-25(33)16-32-27(35)24(38-28(32)36)14-20-15-31(23-6-4-3-5-21(20)23)17-26(34)30-9-11-37-12-10-30/h3-8,13-15H,9-12,16-17H2,1-2H3,(H,29,33)/b24-14-. The molecule has 0 unspecified atom stereocenters. The third-order valence-corrected chi connectivity index (χ3v) is 7.51. The summed E-state index contributed by atoms with van der Waals surface area (Å²) in [4.78, 5) is 54.2. The Morgan fingerprint density at radius 1 is 1.05 bits per heavy atom. The first-order valence-electron chi connectivity index (χ1n) is 12.4. The number of ether oxygens (including phenoxy) is 1. The number of nitrogens with one attached hydrogen (secondary N) is 1. The third kappa shape index (κ3) is 5.36. The van der Waals surface area contributed by atoms with Gasteiger partial charge in [-0.15, -0.1) is 0 Å². The lowest BCUT2D eigenvalue weighted by atomic mass is 10.1. The second-order valence-electron chi connectivity index (χ2n) is 9.36. The van der Waals surface area contributed by atoms with Gasteiger partial charge >= 0.3 is 0 Å². The first kappa shape index (κ1) is 25.7. The van der Waals surface area contributed by atoms with Gasteiger partial charge in [0, 0.05) is 41.4 Å². The van der Waals surface area contributed by atoms with Crippen LogP contribution in [0.25, 0.3) is 17.0 Å². The largest absolute Gasteiger partial charge is 0.378 e. The molecule has 0 radical (unpaired) electrons. The van der Waals surface area contributed by atoms with Crippen LogP contribution in [0.4, 0.5) is 10.5 Å². The molecule has 2 aliphatic heterocycles. The molecule has 4 amide bonds. The Kier molecular flexibility index (Phi) is 7.35. The van der Waals surface area contributed by atoms with Gasteiger partial charge in [0.15, 0.2) is 0 Å². The second kappa shape index (κ2) is 10.8. The quantitative estimate of drug-likeness (QED) is 0.485. The molecule has 0 atom stereocenters. The van der Waals surface area contributed by atoms with E-state index in [1.54, 1.807) is 17.0 Å². The van der Waals surface area contributed by atoms with Crippen molar-refractivity contribution < 1.29 is 23.9 Å². The van der Waals surface area contributed by atoms with E-state index in [0.717, 1.165) is 44.3 Å². The normalized spacial score (nSPS) is 17.1. The van der Waals surface area contributed by atoms with Gasteiger partial charge in [-0.1, -0.05) is 35.9 Å². The number of morpholine rings is 1. The molecular formula is C28H28N4O5S. The lowest BCUT2D eigenvalue weighted by Gasteiger charge is -2.27. The zero-order valence-electron chi connectivity index (χ0n) is 21.2. The van der Waals surface area contributed by atoms with Gasteiger partial charge in [0.1, 0.15) is 13.1 Å². The zero-order valence-corrected chi connectivity index (χ0v) is 22.0. The molecule has 3 heterocycles. The average Bonchev–Trinajstić information content (AvgIpc) is 3.38. The van der Waals surface area contributed by atoms with Gasteiger partial charge in [0.2, 0.25) is 11.8 Å². The molecular weight excluding hydrogens is 504 g/mol. The van der Waals surface area contributed by atoms with Crippen LogP contribution in [-0.4, -0.2) is 70.2 Å². The van der Waals surface area contributed by atoms with E-state index in [-0.39, 0.29) is 23.9 Å². The maximum atomic E-state index is 13.1. The predicted molar refractivity (Wildman–Crippen MR) is 147 cm³/mol. The Labute approximate surface area is 224 Å². The topological polar surface area (TPSA) is 101 Å². The number of imide groups is 1. The monoisotopic (exact) mass is 532 g/mol. The van der Waals surface area contributed by atoms with Gasteiger partial charge < -0.3 is 19.5 Å². The molecule has 0 saturated carbocycles. The Balaban J connectivity index is 1.33. The van der Waals surface area contributed by atoms with E-state index in [4.69, 9.17) is 4.74 Å². The van der Waals surface area contributed by atoms with Crippen molar-refractivity contribution in [3.05, 3.63) is 70.3 Å². The van der Waals surface area contributed by atoms with Crippen LogP contribution in [0, 0.1) is 13.8 Å². The average molecular weight is 533 g/mol. The summed E-state index contributed by atoms with van der Waals surface area (Å²) in [6.07, 6.45) is 3.48. The molecule has 0 bridgehead atoms. The van der Waals surface area contributed by atoms with E-state index in [2.05, 4.69) is 5.32 Å². The molecule has 10 heteroatoms. The summed E-state index contributed by atoms with van der Waals surface area (Å²) in [5, 5.41) is 3.15. The van der Waals surface area contributed by atoms with E-state index in [0.29, 0.717) is 32.0 Å². The van der Waals surface area contributed by atoms with Crippen molar-refractivity contribution in [2.75, 3.05) is 38.2 Å². The lowest BCUT2D eigenvalue weighted by Crippen LogP contribution is -2.42. The van der Waals surface area contributed by atoms with E-state index < -0.39 is 17.1 Å². The molecule has 5 rings (SSSR count). The maximum Gasteiger partial charge on any atom is 0.294 e. The molecule has 1 aromatic heterocycles. The molecule has 2 fully saturated rings. The number of carbonyl (C=O) groups excluding carboxylic acids is 4. The summed E-state index contributed by atoms with van der Waals surface area (Å²) in [5.74, 6) is -0.966. The number of thioether (sulfide) groups is 1. The summed E-state index contributed by atoms with van der Waals surface area (Å²) < 4.78 is 7.20. The Morgan fingerprint density at radius 2 is 1.82 bits per heavy atom. The first-order valence-corrected chi connectivity index (χ1v) is 13.2. The molecule has 1 N–H and O–H groups in total. The molecule has 2 aliphatic rings. The maximum absolute atomic E-state index is 13.1. The number of para-hydroxylation sites is 1. The van der Waals surface area contributed by atoms with Crippen molar-refractivity contribution in [3.8, 4) is 0 Å². The van der Waals surface area contributed by atoms with Crippen molar-refractivity contribution >= 4 is 57.4 Å². The highest BCUT2D eigenvalue weighted by Gasteiger charge is 2.36. The number of hydrogen-bond acceptors (Lipinski definition) is 6. The van der Waals surface area contributed by atoms with Crippen LogP contribution in [0.15, 0.2) is 53.6 Å². The summed E-state index contributed by atoms with van der Waals surface area (Å²) >= 11 is 0.805. The van der Waals surface area contributed by atoms with Gasteiger partial charge in [-0.3, -0.25) is 24.1 Å². The fourth-order valence-corrected chi connectivity index (χ4v) is 5.47. The molecule has 38 heavy (non-hydrogen) atoms. The number of rotatable bonds is 6. The minimum atomic E-state index is -0.517. The van der Waals surface area contributed by atoms with Gasteiger partial charge in [0.25, 0.3) is 11.1 Å². The summed E-state index contributed by atoms with van der Waals surface area (Å²) in [7, 11) is 0. The minimum absolute atomic E-state index is 0.00393. The van der Waals surface area contributed by atoms with Gasteiger partial charge in [-0.25, -0.2) is 0 Å². The van der Waals surface area contributed by atoms with Crippen molar-refractivity contribution in [1.82, 2.24) is 14.4 Å². The highest BCUT2D eigenvalue weighted by Crippen LogP contribution is 2.34. The van der Waals surface area contributed by atoms with Crippen LogP contribution >= 0.6 is 11.8 Å². The summed E-state index contributed by atoms with van der Waals surface area (Å²) in [6, 6.07) is 13.2. The molecule has 2 aromatic carbocycles. The van der Waals surface area contributed by atoms with Crippen molar-refractivity contribution in [2.45, 2.75) is 20.4 Å². The number of carbonyl (C=O) groups is 4. The van der Waals surface area contributed by atoms with Crippen molar-refractivity contribution in [1.29, 1.82) is 0 Å². The Hall–Kier alpha value is -3.89. The van der Waals surface area contributed by atoms with Crippen LogP contribution in [-0.2, 0) is 25.7 Å². The van der Waals surface area contributed by atoms with Crippen molar-refractivity contribution in [3.63, 3.8) is 0 Å². The van der Waals surface area contributed by atoms with Crippen molar-refractivity contribution in [2.24, 2.45) is 0 Å². The first-order chi connectivity index (χ1) is 18.3. The summed E-state index contributed by atoms with van der Waals surface area (Å²) in [5.41, 5.74) is 4.19. The van der Waals surface area contributed by atoms with Gasteiger partial charge in [-0.2, -0.15) is 0 Å². The SMILES string of the molecule is Cc1ccc(NC(=O)CN2C(=O)S/C(=C\c3cn(CC(=O)N4CCOCC4)c4ccccc34)C2=O)c(C)c1. The van der Waals surface area contributed by atoms with E-state index >= 15 is 0 Å². The number of hydrogen-bond donors (Lipinski definition) is 1. The fraction of sp³-hybridized carbons (Fsp3) is 0.286. The van der Waals surface area contributed by atoms with Crippen LogP contribution < -0.4 is 5.32 Å². The van der Waals surface area contributed by atoms with Crippen LogP contribution in [0.5, 0.6) is 0 Å². The van der Waals surface area contributed by atoms with E-state index in [1.807, 2.05) is 61.0 Å². The number of amides is 4. The van der Waals surface area contributed by atoms with Crippen LogP contribution in [0.3, 0.4) is 0 Å². The number of fused-ring (bicyclic) bond motifs is 1. The zero-order chi connectivity index (χ0) is 26.8. The molecule has 9 nitrogen and oxygen atoms in total. The number of anilines is 1. The van der Waals surface area contributed by atoms with E-state index in [1.165, 1.54) is 0 Å². The second-order valence-corrected chi connectivity index (χ2v) is 10.4. The molecule has 2 saturated heterocycles. The molecule has 0 spiro atoms. The highest BCUT2D eigenvalue weighted by atomic mass is 32.2. The molecule has 3 aromatic rings. The summed E-state index contributed by atoms with van der Waals surface area (Å²) in [6.45, 7) is 5.83. The number of benzene rings is 2.